The summed E-state index contributed by atoms with van der Waals surface area (Å²) in [5, 5.41) is 2.15. The molecule has 0 unspecified atom stereocenters. The molecule has 2 aromatic heterocycles. The van der Waals surface area contributed by atoms with Crippen molar-refractivity contribution in [2.24, 2.45) is 0 Å². The van der Waals surface area contributed by atoms with E-state index in [0.29, 0.717) is 0 Å². The number of fused-ring (bicyclic) bond motifs is 3. The van der Waals surface area contributed by atoms with Gasteiger partial charge in [0.2, 0.25) is 0 Å². The van der Waals surface area contributed by atoms with Crippen LogP contribution in [0.3, 0.4) is 0 Å². The quantitative estimate of drug-likeness (QED) is 0.555. The normalized spacial score (nSPS) is 14.6. The van der Waals surface area contributed by atoms with Crippen molar-refractivity contribution >= 4 is 28.0 Å². The predicted octanol–water partition coefficient (Wildman–Crippen LogP) is 4.23. The molecular formula is C15H12ClN. The number of aromatic nitrogens is 1. The van der Waals surface area contributed by atoms with Crippen LogP contribution < -0.4 is 0 Å². The lowest BCUT2D eigenvalue weighted by atomic mass is 9.95. The number of aryl methyl sites for hydroxylation is 2. The van der Waals surface area contributed by atoms with Crippen LogP contribution in [-0.2, 0) is 12.8 Å². The highest BCUT2D eigenvalue weighted by Crippen LogP contribution is 2.34. The number of hydrogen-bond donors (Lipinski definition) is 0. The average molecular weight is 242 g/mol. The number of halogens is 1. The first-order valence-corrected chi connectivity index (χ1v) is 6.42. The van der Waals surface area contributed by atoms with Gasteiger partial charge in [-0.2, -0.15) is 0 Å². The standard InChI is InChI=1S/C15H12ClN/c16-11-6-7-14-13(9-11)12-5-1-3-10-4-2-8-17(14)15(10)12/h2,4,6-9H,1,3,5H2. The van der Waals surface area contributed by atoms with Crippen LogP contribution in [0.5, 0.6) is 0 Å². The highest BCUT2D eigenvalue weighted by molar-refractivity contribution is 6.31. The third kappa shape index (κ3) is 1.20. The van der Waals surface area contributed by atoms with Crippen molar-refractivity contribution in [3.05, 3.63) is 52.7 Å². The maximum Gasteiger partial charge on any atom is 0.0532 e. The monoisotopic (exact) mass is 241 g/mol. The summed E-state index contributed by atoms with van der Waals surface area (Å²) in [6.07, 6.45) is 5.77. The Hall–Kier alpha value is -1.47. The summed E-state index contributed by atoms with van der Waals surface area (Å²) in [5.74, 6) is 0. The molecule has 2 heterocycles. The molecule has 84 valence electrons. The lowest BCUT2D eigenvalue weighted by Gasteiger charge is -2.12. The van der Waals surface area contributed by atoms with Crippen molar-refractivity contribution in [3.8, 4) is 0 Å². The van der Waals surface area contributed by atoms with Crippen LogP contribution in [0.25, 0.3) is 16.4 Å². The zero-order chi connectivity index (χ0) is 11.4. The molecule has 1 aliphatic carbocycles. The summed E-state index contributed by atoms with van der Waals surface area (Å²) >= 11 is 6.12. The lowest BCUT2D eigenvalue weighted by Crippen LogP contribution is -2.00. The minimum absolute atomic E-state index is 0.830. The summed E-state index contributed by atoms with van der Waals surface area (Å²) < 4.78 is 2.31. The van der Waals surface area contributed by atoms with Crippen LogP contribution in [0.15, 0.2) is 36.5 Å². The Kier molecular flexibility index (Phi) is 1.84. The molecule has 1 aliphatic rings. The van der Waals surface area contributed by atoms with Gasteiger partial charge >= 0.3 is 0 Å². The van der Waals surface area contributed by atoms with Crippen LogP contribution in [0.4, 0.5) is 0 Å². The molecule has 0 saturated heterocycles. The molecule has 0 N–H and O–H groups in total. The summed E-state index contributed by atoms with van der Waals surface area (Å²) in [6.45, 7) is 0. The molecule has 0 aliphatic heterocycles. The maximum atomic E-state index is 6.12. The molecule has 0 atom stereocenters. The molecule has 0 amide bonds. The van der Waals surface area contributed by atoms with E-state index in [4.69, 9.17) is 11.6 Å². The Morgan fingerprint density at radius 3 is 3.00 bits per heavy atom. The van der Waals surface area contributed by atoms with Gasteiger partial charge in [0.15, 0.2) is 0 Å². The second kappa shape index (κ2) is 3.27. The van der Waals surface area contributed by atoms with Gasteiger partial charge in [0.1, 0.15) is 0 Å². The van der Waals surface area contributed by atoms with E-state index in [1.807, 2.05) is 6.07 Å². The zero-order valence-electron chi connectivity index (χ0n) is 9.41. The minimum atomic E-state index is 0.830. The van der Waals surface area contributed by atoms with E-state index in [0.717, 1.165) is 5.02 Å². The lowest BCUT2D eigenvalue weighted by molar-refractivity contribution is 0.806. The molecule has 4 rings (SSSR count). The van der Waals surface area contributed by atoms with E-state index >= 15 is 0 Å². The maximum absolute atomic E-state index is 6.12. The Bertz CT molecular complexity index is 739. The topological polar surface area (TPSA) is 4.41 Å². The molecule has 3 aromatic rings. The first-order valence-electron chi connectivity index (χ1n) is 6.04. The van der Waals surface area contributed by atoms with Gasteiger partial charge in [-0.3, -0.25) is 0 Å². The fourth-order valence-electron chi connectivity index (χ4n) is 3.09. The van der Waals surface area contributed by atoms with Crippen molar-refractivity contribution in [2.45, 2.75) is 19.3 Å². The molecule has 0 fully saturated rings. The minimum Gasteiger partial charge on any atom is -0.316 e. The third-order valence-corrected chi connectivity index (χ3v) is 4.01. The van der Waals surface area contributed by atoms with E-state index in [1.165, 1.54) is 46.8 Å². The van der Waals surface area contributed by atoms with Gasteiger partial charge in [-0.25, -0.2) is 0 Å². The molecule has 0 spiro atoms. The molecule has 2 heteroatoms. The summed E-state index contributed by atoms with van der Waals surface area (Å²) in [5.41, 5.74) is 5.64. The summed E-state index contributed by atoms with van der Waals surface area (Å²) in [4.78, 5) is 0. The van der Waals surface area contributed by atoms with Crippen LogP contribution in [0, 0.1) is 0 Å². The largest absolute Gasteiger partial charge is 0.316 e. The second-order valence-corrected chi connectivity index (χ2v) is 5.18. The van der Waals surface area contributed by atoms with Crippen molar-refractivity contribution in [2.75, 3.05) is 0 Å². The predicted molar refractivity (Wildman–Crippen MR) is 71.9 cm³/mol. The van der Waals surface area contributed by atoms with Crippen molar-refractivity contribution in [1.29, 1.82) is 0 Å². The van der Waals surface area contributed by atoms with Crippen molar-refractivity contribution in [1.82, 2.24) is 4.40 Å². The smallest absolute Gasteiger partial charge is 0.0532 e. The fourth-order valence-corrected chi connectivity index (χ4v) is 3.26. The van der Waals surface area contributed by atoms with Gasteiger partial charge in [-0.1, -0.05) is 17.7 Å². The molecule has 0 saturated carbocycles. The van der Waals surface area contributed by atoms with Gasteiger partial charge in [0, 0.05) is 16.6 Å². The molecule has 1 aromatic carbocycles. The van der Waals surface area contributed by atoms with Gasteiger partial charge in [-0.05, 0) is 54.7 Å². The van der Waals surface area contributed by atoms with E-state index < -0.39 is 0 Å². The van der Waals surface area contributed by atoms with E-state index in [9.17, 15) is 0 Å². The van der Waals surface area contributed by atoms with Crippen LogP contribution >= 0.6 is 11.6 Å². The zero-order valence-corrected chi connectivity index (χ0v) is 10.2. The Morgan fingerprint density at radius 2 is 2.06 bits per heavy atom. The average Bonchev–Trinajstić information content (AvgIpc) is 2.67. The van der Waals surface area contributed by atoms with E-state index in [1.54, 1.807) is 0 Å². The number of benzene rings is 1. The molecular weight excluding hydrogens is 230 g/mol. The van der Waals surface area contributed by atoms with E-state index in [-0.39, 0.29) is 0 Å². The Morgan fingerprint density at radius 1 is 1.12 bits per heavy atom. The highest BCUT2D eigenvalue weighted by atomic mass is 35.5. The molecule has 0 radical (unpaired) electrons. The first-order chi connectivity index (χ1) is 8.34. The Balaban J connectivity index is 2.31. The van der Waals surface area contributed by atoms with Crippen molar-refractivity contribution < 1.29 is 0 Å². The third-order valence-electron chi connectivity index (χ3n) is 3.78. The van der Waals surface area contributed by atoms with Crippen molar-refractivity contribution in [3.63, 3.8) is 0 Å². The number of hydrogen-bond acceptors (Lipinski definition) is 0. The van der Waals surface area contributed by atoms with Crippen LogP contribution in [0.1, 0.15) is 17.5 Å². The summed E-state index contributed by atoms with van der Waals surface area (Å²) in [6, 6.07) is 10.6. The highest BCUT2D eigenvalue weighted by Gasteiger charge is 2.18. The van der Waals surface area contributed by atoms with Crippen LogP contribution in [-0.4, -0.2) is 4.40 Å². The Labute approximate surface area is 105 Å². The molecule has 0 bridgehead atoms. The number of nitrogens with zero attached hydrogens (tertiary/aromatic N) is 1. The number of pyridine rings is 1. The molecule has 17 heavy (non-hydrogen) atoms. The second-order valence-electron chi connectivity index (χ2n) is 4.75. The summed E-state index contributed by atoms with van der Waals surface area (Å²) in [7, 11) is 0. The first kappa shape index (κ1) is 9.55. The van der Waals surface area contributed by atoms with Gasteiger partial charge in [-0.15, -0.1) is 0 Å². The van der Waals surface area contributed by atoms with Crippen LogP contribution in [0.2, 0.25) is 5.02 Å². The SMILES string of the molecule is Clc1ccc2c(c1)c1c3c(cccn32)CCC1. The van der Waals surface area contributed by atoms with Gasteiger partial charge < -0.3 is 4.40 Å². The number of rotatable bonds is 0. The fraction of sp³-hybridized carbons (Fsp3) is 0.200. The van der Waals surface area contributed by atoms with Gasteiger partial charge in [0.05, 0.1) is 11.0 Å². The van der Waals surface area contributed by atoms with Gasteiger partial charge in [0.25, 0.3) is 0 Å². The van der Waals surface area contributed by atoms with E-state index in [2.05, 4.69) is 34.9 Å². The molecule has 1 nitrogen and oxygen atoms in total.